The van der Waals surface area contributed by atoms with Gasteiger partial charge in [0.2, 0.25) is 0 Å². The molecule has 15 heavy (non-hydrogen) atoms. The minimum absolute atomic E-state index is 0.996. The zero-order chi connectivity index (χ0) is 10.3. The molecule has 0 saturated carbocycles. The average molecular weight is 198 g/mol. The lowest BCUT2D eigenvalue weighted by molar-refractivity contribution is 1.15. The van der Waals surface area contributed by atoms with Crippen LogP contribution in [0.1, 0.15) is 5.69 Å². The lowest BCUT2D eigenvalue weighted by Crippen LogP contribution is -1.91. The largest absolute Gasteiger partial charge is 0.321 e. The molecule has 0 N–H and O–H groups in total. The van der Waals surface area contributed by atoms with Crippen molar-refractivity contribution in [1.29, 1.82) is 0 Å². The number of hydrogen-bond donors (Lipinski definition) is 0. The first-order chi connectivity index (χ1) is 7.47. The van der Waals surface area contributed by atoms with Gasteiger partial charge in [-0.1, -0.05) is 0 Å². The number of rotatable bonds is 0. The summed E-state index contributed by atoms with van der Waals surface area (Å²) in [6, 6.07) is 3.93. The molecule has 2 heterocycles. The highest BCUT2D eigenvalue weighted by atomic mass is 15.0. The topological polar surface area (TPSA) is 42.0 Å². The van der Waals surface area contributed by atoms with E-state index >= 15 is 0 Å². The fourth-order valence-electron chi connectivity index (χ4n) is 1.13. The second-order valence-corrected chi connectivity index (χ2v) is 2.81. The van der Waals surface area contributed by atoms with Gasteiger partial charge in [0, 0.05) is 43.4 Å². The molecule has 0 unspecified atom stereocenters. The van der Waals surface area contributed by atoms with Crippen molar-refractivity contribution in [2.75, 3.05) is 0 Å². The molecule has 0 aromatic carbocycles. The van der Waals surface area contributed by atoms with Crippen molar-refractivity contribution in [2.45, 2.75) is 0 Å². The van der Waals surface area contributed by atoms with Crippen LogP contribution < -0.4 is 0 Å². The molecule has 4 heteroatoms. The maximum atomic E-state index is 4.10. The highest BCUT2D eigenvalue weighted by Crippen LogP contribution is 2.00. The lowest BCUT2D eigenvalue weighted by atomic mass is 10.4. The second kappa shape index (κ2) is 4.85. The van der Waals surface area contributed by atoms with Crippen molar-refractivity contribution < 1.29 is 0 Å². The molecule has 0 aliphatic carbocycles. The predicted octanol–water partition coefficient (Wildman–Crippen LogP) is 1.96. The number of aliphatic imine (C=N–C) groups is 3. The third kappa shape index (κ3) is 2.60. The summed E-state index contributed by atoms with van der Waals surface area (Å²) in [6.07, 6.45) is 13.7. The lowest BCUT2D eigenvalue weighted by Gasteiger charge is -1.95. The summed E-state index contributed by atoms with van der Waals surface area (Å²) >= 11 is 0. The van der Waals surface area contributed by atoms with Crippen molar-refractivity contribution in [3.63, 3.8) is 0 Å². The van der Waals surface area contributed by atoms with Gasteiger partial charge in [-0.2, -0.15) is 0 Å². The summed E-state index contributed by atoms with van der Waals surface area (Å²) in [5, 5.41) is 0. The van der Waals surface area contributed by atoms with E-state index in [9.17, 15) is 0 Å². The van der Waals surface area contributed by atoms with Gasteiger partial charge in [0.15, 0.2) is 0 Å². The number of nitrogens with zero attached hydrogens (tertiary/aromatic N) is 4. The van der Waals surface area contributed by atoms with E-state index in [1.807, 2.05) is 29.1 Å². The maximum absolute atomic E-state index is 4.10. The Bertz CT molecular complexity index is 420. The zero-order valence-corrected chi connectivity index (χ0v) is 8.06. The molecule has 74 valence electrons. The molecule has 0 atom stereocenters. The van der Waals surface area contributed by atoms with Crippen LogP contribution >= 0.6 is 0 Å². The van der Waals surface area contributed by atoms with Crippen molar-refractivity contribution in [1.82, 2.24) is 4.57 Å². The minimum Gasteiger partial charge on any atom is -0.321 e. The summed E-state index contributed by atoms with van der Waals surface area (Å²) in [4.78, 5) is 12.1. The smallest absolute Gasteiger partial charge is 0.0634 e. The van der Waals surface area contributed by atoms with Crippen LogP contribution in [0.4, 0.5) is 0 Å². The molecule has 4 nitrogen and oxygen atoms in total. The molecule has 2 rings (SSSR count). The Labute approximate surface area is 87.7 Å². The Hall–Kier alpha value is -2.23. The Kier molecular flexibility index (Phi) is 3.02. The fourth-order valence-corrected chi connectivity index (χ4v) is 1.13. The second-order valence-electron chi connectivity index (χ2n) is 2.81. The van der Waals surface area contributed by atoms with Gasteiger partial charge in [0.25, 0.3) is 0 Å². The molecular weight excluding hydrogens is 188 g/mol. The Morgan fingerprint density at radius 1 is 0.933 bits per heavy atom. The van der Waals surface area contributed by atoms with Crippen LogP contribution in [0, 0.1) is 0 Å². The molecule has 0 fully saturated rings. The molecule has 0 bridgehead atoms. The molecule has 1 aliphatic rings. The molecule has 0 amide bonds. The van der Waals surface area contributed by atoms with Gasteiger partial charge in [-0.25, -0.2) is 0 Å². The summed E-state index contributed by atoms with van der Waals surface area (Å²) in [5.74, 6) is 0. The van der Waals surface area contributed by atoms with Crippen molar-refractivity contribution in [2.24, 2.45) is 15.0 Å². The van der Waals surface area contributed by atoms with E-state index in [1.165, 1.54) is 0 Å². The van der Waals surface area contributed by atoms with Crippen LogP contribution in [0.2, 0.25) is 0 Å². The minimum atomic E-state index is 0.996. The quantitative estimate of drug-likeness (QED) is 0.611. The van der Waals surface area contributed by atoms with E-state index in [4.69, 9.17) is 0 Å². The van der Waals surface area contributed by atoms with E-state index in [0.29, 0.717) is 0 Å². The number of fused-ring (bicyclic) bond motifs is 1. The van der Waals surface area contributed by atoms with Gasteiger partial charge < -0.3 is 4.57 Å². The first-order valence-corrected chi connectivity index (χ1v) is 4.53. The first-order valence-electron chi connectivity index (χ1n) is 4.53. The standard InChI is InChI=1S/C11H10N4/c1-2-11-10-14-6-5-12-3-4-13-7-9-15(11)8-1/h1-10H. The van der Waals surface area contributed by atoms with Crippen LogP contribution in [-0.2, 0) is 0 Å². The molecule has 1 aromatic heterocycles. The Morgan fingerprint density at radius 3 is 2.67 bits per heavy atom. The summed E-state index contributed by atoms with van der Waals surface area (Å²) in [7, 11) is 0. The molecule has 1 aliphatic heterocycles. The monoisotopic (exact) mass is 198 g/mol. The highest BCUT2D eigenvalue weighted by Gasteiger charge is 1.92. The van der Waals surface area contributed by atoms with Crippen molar-refractivity contribution in [3.8, 4) is 0 Å². The fraction of sp³-hybridized carbons (Fsp3) is 0. The van der Waals surface area contributed by atoms with Crippen LogP contribution in [0.25, 0.3) is 6.20 Å². The van der Waals surface area contributed by atoms with Gasteiger partial charge in [-0.3, -0.25) is 15.0 Å². The van der Waals surface area contributed by atoms with E-state index in [2.05, 4.69) is 15.0 Å². The van der Waals surface area contributed by atoms with Crippen LogP contribution in [-0.4, -0.2) is 23.2 Å². The normalized spacial score (nSPS) is 14.7. The predicted molar refractivity (Wildman–Crippen MR) is 63.5 cm³/mol. The number of hydrogen-bond acceptors (Lipinski definition) is 3. The first kappa shape index (κ1) is 9.33. The van der Waals surface area contributed by atoms with Crippen molar-refractivity contribution in [3.05, 3.63) is 42.6 Å². The average Bonchev–Trinajstić information content (AvgIpc) is 2.65. The Morgan fingerprint density at radius 2 is 1.73 bits per heavy atom. The molecular formula is C11H10N4. The molecule has 0 spiro atoms. The zero-order valence-electron chi connectivity index (χ0n) is 8.06. The van der Waals surface area contributed by atoms with Crippen LogP contribution in [0.15, 0.2) is 51.9 Å². The SMILES string of the molecule is C1=CN=Cc2cccn2C=CN=CC=N1. The van der Waals surface area contributed by atoms with Crippen LogP contribution in [0.3, 0.4) is 0 Å². The third-order valence-electron chi connectivity index (χ3n) is 1.81. The summed E-state index contributed by atoms with van der Waals surface area (Å²) in [5.41, 5.74) is 0.996. The summed E-state index contributed by atoms with van der Waals surface area (Å²) < 4.78 is 1.94. The maximum Gasteiger partial charge on any atom is 0.0634 e. The van der Waals surface area contributed by atoms with Gasteiger partial charge in [-0.05, 0) is 12.1 Å². The number of aromatic nitrogens is 1. The van der Waals surface area contributed by atoms with Gasteiger partial charge in [-0.15, -0.1) is 0 Å². The van der Waals surface area contributed by atoms with Crippen LogP contribution in [0.5, 0.6) is 0 Å². The van der Waals surface area contributed by atoms with Crippen molar-refractivity contribution >= 4 is 24.8 Å². The highest BCUT2D eigenvalue weighted by molar-refractivity contribution is 6.16. The van der Waals surface area contributed by atoms with E-state index in [1.54, 1.807) is 37.2 Å². The van der Waals surface area contributed by atoms with Gasteiger partial charge in [0.1, 0.15) is 0 Å². The van der Waals surface area contributed by atoms with Gasteiger partial charge >= 0.3 is 0 Å². The van der Waals surface area contributed by atoms with E-state index in [-0.39, 0.29) is 0 Å². The summed E-state index contributed by atoms with van der Waals surface area (Å²) in [6.45, 7) is 0. The Balaban J connectivity index is 2.34. The molecule has 0 radical (unpaired) electrons. The van der Waals surface area contributed by atoms with E-state index < -0.39 is 0 Å². The molecule has 1 aromatic rings. The molecule has 0 saturated heterocycles. The van der Waals surface area contributed by atoms with Gasteiger partial charge in [0.05, 0.1) is 11.9 Å². The third-order valence-corrected chi connectivity index (χ3v) is 1.81. The van der Waals surface area contributed by atoms with E-state index in [0.717, 1.165) is 5.69 Å².